The van der Waals surface area contributed by atoms with E-state index in [1.807, 2.05) is 18.3 Å². The topological polar surface area (TPSA) is 84.9 Å². The molecule has 0 bridgehead atoms. The van der Waals surface area contributed by atoms with E-state index in [1.54, 1.807) is 22.9 Å². The van der Waals surface area contributed by atoms with Gasteiger partial charge in [-0.1, -0.05) is 0 Å². The van der Waals surface area contributed by atoms with Crippen LogP contribution in [0.5, 0.6) is 0 Å². The fourth-order valence-corrected chi connectivity index (χ4v) is 2.45. The number of nitrogen functional groups attached to an aromatic ring is 1. The van der Waals surface area contributed by atoms with Gasteiger partial charge in [-0.3, -0.25) is 9.50 Å². The monoisotopic (exact) mass is 294 g/mol. The average molecular weight is 294 g/mol. The Morgan fingerprint density at radius 1 is 1.05 bits per heavy atom. The number of H-pyrrole nitrogens is 1. The van der Waals surface area contributed by atoms with Crippen LogP contribution in [-0.4, -0.2) is 24.8 Å². The van der Waals surface area contributed by atoms with Crippen LogP contribution < -0.4 is 5.73 Å². The summed E-state index contributed by atoms with van der Waals surface area (Å²) in [5.41, 5.74) is 9.94. The Morgan fingerprint density at radius 3 is 2.64 bits per heavy atom. The van der Waals surface area contributed by atoms with E-state index < -0.39 is 0 Å². The summed E-state index contributed by atoms with van der Waals surface area (Å²) in [6.45, 7) is 0. The Bertz CT molecular complexity index is 954. The second-order valence-electron chi connectivity index (χ2n) is 4.88. The minimum atomic E-state index is -0.288. The number of hydrogen-bond donors (Lipinski definition) is 2. The van der Waals surface area contributed by atoms with E-state index in [0.717, 1.165) is 28.0 Å². The molecule has 0 amide bonds. The van der Waals surface area contributed by atoms with Crippen molar-refractivity contribution in [2.24, 2.45) is 0 Å². The number of aromatic nitrogens is 5. The maximum atomic E-state index is 13.1. The summed E-state index contributed by atoms with van der Waals surface area (Å²) in [5, 5.41) is 14.8. The van der Waals surface area contributed by atoms with Crippen molar-refractivity contribution >= 4 is 11.5 Å². The van der Waals surface area contributed by atoms with Crippen LogP contribution in [0.1, 0.15) is 0 Å². The molecule has 4 aromatic rings. The van der Waals surface area contributed by atoms with Gasteiger partial charge in [0.2, 0.25) is 0 Å². The summed E-state index contributed by atoms with van der Waals surface area (Å²) in [5.74, 6) is 0.0930. The lowest BCUT2D eigenvalue weighted by molar-refractivity contribution is 0.628. The smallest absolute Gasteiger partial charge is 0.160 e. The highest BCUT2D eigenvalue weighted by Crippen LogP contribution is 2.34. The summed E-state index contributed by atoms with van der Waals surface area (Å²) >= 11 is 0. The zero-order valence-corrected chi connectivity index (χ0v) is 11.4. The molecule has 0 unspecified atom stereocenters. The number of benzene rings is 1. The van der Waals surface area contributed by atoms with Gasteiger partial charge < -0.3 is 5.73 Å². The first-order chi connectivity index (χ1) is 10.7. The molecule has 3 N–H and O–H groups in total. The number of pyridine rings is 1. The van der Waals surface area contributed by atoms with E-state index in [0.29, 0.717) is 5.82 Å². The molecule has 0 saturated heterocycles. The van der Waals surface area contributed by atoms with Crippen molar-refractivity contribution in [1.82, 2.24) is 24.8 Å². The van der Waals surface area contributed by atoms with Gasteiger partial charge in [0.15, 0.2) is 11.5 Å². The van der Waals surface area contributed by atoms with Crippen LogP contribution in [0.4, 0.5) is 10.2 Å². The Labute approximate surface area is 124 Å². The van der Waals surface area contributed by atoms with Crippen LogP contribution in [0.2, 0.25) is 0 Å². The quantitative estimate of drug-likeness (QED) is 0.595. The Balaban J connectivity index is 1.91. The second-order valence-corrected chi connectivity index (χ2v) is 4.88. The first-order valence-corrected chi connectivity index (χ1v) is 6.62. The maximum Gasteiger partial charge on any atom is 0.160 e. The molecular formula is C15H11FN6. The molecule has 22 heavy (non-hydrogen) atoms. The van der Waals surface area contributed by atoms with Gasteiger partial charge in [0, 0.05) is 17.3 Å². The number of hydrogen-bond acceptors (Lipinski definition) is 4. The van der Waals surface area contributed by atoms with Gasteiger partial charge in [-0.15, -0.1) is 10.2 Å². The van der Waals surface area contributed by atoms with Crippen molar-refractivity contribution in [2.45, 2.75) is 0 Å². The molecule has 108 valence electrons. The average Bonchev–Trinajstić information content (AvgIpc) is 3.13. The number of aromatic amines is 1. The lowest BCUT2D eigenvalue weighted by Crippen LogP contribution is -1.91. The molecule has 0 radical (unpaired) electrons. The van der Waals surface area contributed by atoms with Gasteiger partial charge in [0.05, 0.1) is 11.3 Å². The van der Waals surface area contributed by atoms with Gasteiger partial charge in [-0.25, -0.2) is 4.39 Å². The highest BCUT2D eigenvalue weighted by atomic mass is 19.1. The van der Waals surface area contributed by atoms with Crippen molar-refractivity contribution in [3.05, 3.63) is 54.7 Å². The molecule has 7 heteroatoms. The lowest BCUT2D eigenvalue weighted by Gasteiger charge is -2.05. The van der Waals surface area contributed by atoms with Gasteiger partial charge in [-0.05, 0) is 36.4 Å². The molecule has 0 aliphatic rings. The van der Waals surface area contributed by atoms with Crippen molar-refractivity contribution in [1.29, 1.82) is 0 Å². The van der Waals surface area contributed by atoms with Crippen molar-refractivity contribution in [3.8, 4) is 22.4 Å². The molecular weight excluding hydrogens is 283 g/mol. The molecule has 0 spiro atoms. The van der Waals surface area contributed by atoms with E-state index in [-0.39, 0.29) is 5.82 Å². The second kappa shape index (κ2) is 4.66. The minimum Gasteiger partial charge on any atom is -0.382 e. The summed E-state index contributed by atoms with van der Waals surface area (Å²) in [6.07, 6.45) is 3.50. The molecule has 0 aliphatic carbocycles. The Kier molecular flexibility index (Phi) is 2.65. The number of halogens is 1. The predicted molar refractivity (Wildman–Crippen MR) is 80.4 cm³/mol. The Hall–Kier alpha value is -3.22. The highest BCUT2D eigenvalue weighted by molar-refractivity contribution is 5.87. The number of anilines is 1. The van der Waals surface area contributed by atoms with Crippen LogP contribution in [-0.2, 0) is 0 Å². The molecule has 4 rings (SSSR count). The molecule has 0 fully saturated rings. The van der Waals surface area contributed by atoms with Gasteiger partial charge >= 0.3 is 0 Å². The van der Waals surface area contributed by atoms with Crippen LogP contribution in [0.25, 0.3) is 28.0 Å². The van der Waals surface area contributed by atoms with E-state index in [4.69, 9.17) is 5.73 Å². The molecule has 0 aliphatic heterocycles. The zero-order chi connectivity index (χ0) is 15.1. The third-order valence-electron chi connectivity index (χ3n) is 3.51. The largest absolute Gasteiger partial charge is 0.382 e. The standard InChI is InChI=1S/C15H11FN6/c16-11-4-1-9(2-5-11)14-13(15(17)21-20-14)10-3-6-12-19-18-8-22(12)7-10/h1-8H,(H3,17,20,21). The summed E-state index contributed by atoms with van der Waals surface area (Å²) in [6, 6.07) is 9.92. The molecule has 6 nitrogen and oxygen atoms in total. The normalized spacial score (nSPS) is 11.1. The van der Waals surface area contributed by atoms with E-state index in [1.165, 1.54) is 12.1 Å². The van der Waals surface area contributed by atoms with E-state index >= 15 is 0 Å². The fraction of sp³-hybridized carbons (Fsp3) is 0. The highest BCUT2D eigenvalue weighted by Gasteiger charge is 2.15. The van der Waals surface area contributed by atoms with Crippen molar-refractivity contribution in [3.63, 3.8) is 0 Å². The molecule has 3 heterocycles. The summed E-state index contributed by atoms with van der Waals surface area (Å²) in [7, 11) is 0. The van der Waals surface area contributed by atoms with Crippen molar-refractivity contribution < 1.29 is 4.39 Å². The van der Waals surface area contributed by atoms with E-state index in [9.17, 15) is 4.39 Å². The van der Waals surface area contributed by atoms with Crippen LogP contribution in [0.15, 0.2) is 48.9 Å². The molecule has 1 aromatic carbocycles. The van der Waals surface area contributed by atoms with Crippen LogP contribution in [0, 0.1) is 5.82 Å². The number of nitrogens with two attached hydrogens (primary N) is 1. The first kappa shape index (κ1) is 12.5. The third kappa shape index (κ3) is 1.91. The summed E-state index contributed by atoms with van der Waals surface area (Å²) < 4.78 is 14.9. The van der Waals surface area contributed by atoms with Gasteiger partial charge in [0.25, 0.3) is 0 Å². The van der Waals surface area contributed by atoms with Crippen LogP contribution >= 0.6 is 0 Å². The molecule has 0 saturated carbocycles. The third-order valence-corrected chi connectivity index (χ3v) is 3.51. The molecule has 3 aromatic heterocycles. The predicted octanol–water partition coefficient (Wildman–Crippen LogP) is 2.51. The zero-order valence-electron chi connectivity index (χ0n) is 11.4. The SMILES string of the molecule is Nc1n[nH]c(-c2ccc(F)cc2)c1-c1ccc2nncn2c1. The van der Waals surface area contributed by atoms with E-state index in [2.05, 4.69) is 20.4 Å². The van der Waals surface area contributed by atoms with Crippen molar-refractivity contribution in [2.75, 3.05) is 5.73 Å². The Morgan fingerprint density at radius 2 is 1.82 bits per heavy atom. The first-order valence-electron chi connectivity index (χ1n) is 6.62. The van der Waals surface area contributed by atoms with Gasteiger partial charge in [0.1, 0.15) is 12.1 Å². The van der Waals surface area contributed by atoms with Crippen LogP contribution in [0.3, 0.4) is 0 Å². The number of nitrogens with one attached hydrogen (secondary N) is 1. The number of rotatable bonds is 2. The maximum absolute atomic E-state index is 13.1. The number of fused-ring (bicyclic) bond motifs is 1. The number of nitrogens with zero attached hydrogens (tertiary/aromatic N) is 4. The molecule has 0 atom stereocenters. The fourth-order valence-electron chi connectivity index (χ4n) is 2.45. The summed E-state index contributed by atoms with van der Waals surface area (Å²) in [4.78, 5) is 0. The van der Waals surface area contributed by atoms with Gasteiger partial charge in [-0.2, -0.15) is 5.10 Å². The minimum absolute atomic E-state index is 0.288. The lowest BCUT2D eigenvalue weighted by atomic mass is 10.0.